The fourth-order valence-corrected chi connectivity index (χ4v) is 3.94. The van der Waals surface area contributed by atoms with E-state index in [1.54, 1.807) is 0 Å². The first kappa shape index (κ1) is 17.8. The van der Waals surface area contributed by atoms with Gasteiger partial charge < -0.3 is 10.2 Å². The summed E-state index contributed by atoms with van der Waals surface area (Å²) >= 11 is 0. The molecule has 0 aromatic heterocycles. The molecule has 132 valence electrons. The average Bonchev–Trinajstić information content (AvgIpc) is 2.85. The van der Waals surface area contributed by atoms with Crippen molar-refractivity contribution in [2.75, 3.05) is 13.6 Å². The lowest BCUT2D eigenvalue weighted by Crippen LogP contribution is -2.42. The molecule has 2 aromatic rings. The number of nitrogens with zero attached hydrogens (tertiary/aromatic N) is 1. The zero-order valence-corrected chi connectivity index (χ0v) is 15.5. The Hall–Kier alpha value is -2.06. The standard InChI is InChI=1S/C23H30N2/c1-18-12-9-10-15-21(18)19(2)24-23(20-13-6-4-7-14-20)22-16-8-5-11-17-25(22)3/h4,6-7,9-10,12-15,22-24H,2,5,8,11,16-17H2,1,3H3. The van der Waals surface area contributed by atoms with Gasteiger partial charge in [0.15, 0.2) is 0 Å². The van der Waals surface area contributed by atoms with Crippen LogP contribution in [0.2, 0.25) is 0 Å². The van der Waals surface area contributed by atoms with Gasteiger partial charge in [-0.3, -0.25) is 0 Å². The molecule has 2 unspecified atom stereocenters. The summed E-state index contributed by atoms with van der Waals surface area (Å²) in [5.41, 5.74) is 4.83. The molecule has 0 amide bonds. The minimum atomic E-state index is 0.261. The minimum Gasteiger partial charge on any atom is -0.377 e. The van der Waals surface area contributed by atoms with Gasteiger partial charge in [0.2, 0.25) is 0 Å². The predicted molar refractivity (Wildman–Crippen MR) is 107 cm³/mol. The van der Waals surface area contributed by atoms with Crippen LogP contribution in [0.5, 0.6) is 0 Å². The summed E-state index contributed by atoms with van der Waals surface area (Å²) in [6, 6.07) is 20.1. The maximum absolute atomic E-state index is 4.36. The average molecular weight is 335 g/mol. The van der Waals surface area contributed by atoms with E-state index in [1.165, 1.54) is 48.9 Å². The molecule has 1 saturated heterocycles. The van der Waals surface area contributed by atoms with Crippen molar-refractivity contribution in [1.82, 2.24) is 10.2 Å². The number of hydrogen-bond donors (Lipinski definition) is 1. The summed E-state index contributed by atoms with van der Waals surface area (Å²) in [6.07, 6.45) is 5.16. The Kier molecular flexibility index (Phi) is 5.93. The van der Waals surface area contributed by atoms with Gasteiger partial charge in [0, 0.05) is 11.7 Å². The second-order valence-corrected chi connectivity index (χ2v) is 7.22. The number of aryl methyl sites for hydroxylation is 1. The second-order valence-electron chi connectivity index (χ2n) is 7.22. The molecule has 0 bridgehead atoms. The fourth-order valence-electron chi connectivity index (χ4n) is 3.94. The summed E-state index contributed by atoms with van der Waals surface area (Å²) in [6.45, 7) is 7.69. The highest BCUT2D eigenvalue weighted by Gasteiger charge is 2.28. The Bertz CT molecular complexity index is 692. The number of likely N-dealkylation sites (N-methyl/N-ethyl adjacent to an activating group) is 1. The molecule has 1 aliphatic heterocycles. The van der Waals surface area contributed by atoms with Crippen molar-refractivity contribution in [2.24, 2.45) is 0 Å². The van der Waals surface area contributed by atoms with Crippen molar-refractivity contribution < 1.29 is 0 Å². The molecule has 1 N–H and O–H groups in total. The number of nitrogens with one attached hydrogen (secondary N) is 1. The van der Waals surface area contributed by atoms with Gasteiger partial charge in [-0.15, -0.1) is 0 Å². The molecule has 2 nitrogen and oxygen atoms in total. The van der Waals surface area contributed by atoms with Crippen LogP contribution in [0, 0.1) is 6.92 Å². The first-order valence-corrected chi connectivity index (χ1v) is 9.43. The maximum Gasteiger partial charge on any atom is 0.0669 e. The van der Waals surface area contributed by atoms with Gasteiger partial charge in [0.05, 0.1) is 6.04 Å². The Morgan fingerprint density at radius 2 is 1.76 bits per heavy atom. The van der Waals surface area contributed by atoms with Gasteiger partial charge in [-0.05, 0) is 50.0 Å². The van der Waals surface area contributed by atoms with E-state index in [9.17, 15) is 0 Å². The number of benzene rings is 2. The molecule has 1 aliphatic rings. The van der Waals surface area contributed by atoms with E-state index in [-0.39, 0.29) is 6.04 Å². The number of likely N-dealkylation sites (tertiary alicyclic amines) is 1. The van der Waals surface area contributed by atoms with Gasteiger partial charge in [-0.1, -0.05) is 74.0 Å². The fraction of sp³-hybridized carbons (Fsp3) is 0.391. The molecule has 2 heteroatoms. The lowest BCUT2D eigenvalue weighted by atomic mass is 9.94. The molecule has 25 heavy (non-hydrogen) atoms. The van der Waals surface area contributed by atoms with E-state index in [4.69, 9.17) is 0 Å². The van der Waals surface area contributed by atoms with Crippen molar-refractivity contribution in [3.63, 3.8) is 0 Å². The van der Waals surface area contributed by atoms with Crippen LogP contribution in [-0.4, -0.2) is 24.5 Å². The van der Waals surface area contributed by atoms with Crippen molar-refractivity contribution >= 4 is 5.70 Å². The lowest BCUT2D eigenvalue weighted by Gasteiger charge is -2.35. The van der Waals surface area contributed by atoms with Crippen LogP contribution in [0.25, 0.3) is 5.70 Å². The number of hydrogen-bond acceptors (Lipinski definition) is 2. The molecular formula is C23H30N2. The Labute approximate surface area is 152 Å². The van der Waals surface area contributed by atoms with Crippen molar-refractivity contribution in [3.8, 4) is 0 Å². The zero-order chi connectivity index (χ0) is 17.6. The Balaban J connectivity index is 1.89. The summed E-state index contributed by atoms with van der Waals surface area (Å²) in [4.78, 5) is 2.53. The topological polar surface area (TPSA) is 15.3 Å². The van der Waals surface area contributed by atoms with Crippen LogP contribution in [-0.2, 0) is 0 Å². The molecule has 2 aromatic carbocycles. The smallest absolute Gasteiger partial charge is 0.0669 e. The number of rotatable bonds is 5. The van der Waals surface area contributed by atoms with E-state index in [1.807, 2.05) is 0 Å². The summed E-state index contributed by atoms with van der Waals surface area (Å²) in [5, 5.41) is 3.78. The first-order chi connectivity index (χ1) is 12.2. The SMILES string of the molecule is C=C(NC(c1ccccc1)C1CCCCCN1C)c1ccccc1C. The van der Waals surface area contributed by atoms with Gasteiger partial charge in [0.1, 0.15) is 0 Å². The molecular weight excluding hydrogens is 304 g/mol. The summed E-state index contributed by atoms with van der Waals surface area (Å²) in [7, 11) is 2.27. The highest BCUT2D eigenvalue weighted by atomic mass is 15.2. The van der Waals surface area contributed by atoms with E-state index < -0.39 is 0 Å². The predicted octanol–water partition coefficient (Wildman–Crippen LogP) is 5.17. The van der Waals surface area contributed by atoms with Gasteiger partial charge in [-0.25, -0.2) is 0 Å². The molecule has 0 saturated carbocycles. The van der Waals surface area contributed by atoms with Crippen LogP contribution < -0.4 is 5.32 Å². The third-order valence-corrected chi connectivity index (χ3v) is 5.42. The quantitative estimate of drug-likeness (QED) is 0.811. The van der Waals surface area contributed by atoms with Crippen LogP contribution >= 0.6 is 0 Å². The van der Waals surface area contributed by atoms with Crippen LogP contribution in [0.15, 0.2) is 61.2 Å². The highest BCUT2D eigenvalue weighted by Crippen LogP contribution is 2.29. The molecule has 2 atom stereocenters. The summed E-state index contributed by atoms with van der Waals surface area (Å²) < 4.78 is 0. The molecule has 0 radical (unpaired) electrons. The van der Waals surface area contributed by atoms with Gasteiger partial charge >= 0.3 is 0 Å². The second kappa shape index (κ2) is 8.35. The van der Waals surface area contributed by atoms with E-state index >= 15 is 0 Å². The summed E-state index contributed by atoms with van der Waals surface area (Å²) in [5.74, 6) is 0. The highest BCUT2D eigenvalue weighted by molar-refractivity contribution is 5.65. The van der Waals surface area contributed by atoms with E-state index in [2.05, 4.69) is 85.4 Å². The third kappa shape index (κ3) is 4.32. The normalized spacial score (nSPS) is 19.8. The first-order valence-electron chi connectivity index (χ1n) is 9.43. The van der Waals surface area contributed by atoms with Crippen LogP contribution in [0.1, 0.15) is 48.4 Å². The van der Waals surface area contributed by atoms with Crippen LogP contribution in [0.3, 0.4) is 0 Å². The monoisotopic (exact) mass is 334 g/mol. The molecule has 0 spiro atoms. The third-order valence-electron chi connectivity index (χ3n) is 5.42. The van der Waals surface area contributed by atoms with E-state index in [0.29, 0.717) is 6.04 Å². The maximum atomic E-state index is 4.36. The largest absolute Gasteiger partial charge is 0.377 e. The van der Waals surface area contributed by atoms with Crippen molar-refractivity contribution in [1.29, 1.82) is 0 Å². The molecule has 1 fully saturated rings. The van der Waals surface area contributed by atoms with Crippen molar-refractivity contribution in [2.45, 2.75) is 44.7 Å². The Morgan fingerprint density at radius 1 is 1.04 bits per heavy atom. The lowest BCUT2D eigenvalue weighted by molar-refractivity contribution is 0.204. The van der Waals surface area contributed by atoms with Crippen LogP contribution in [0.4, 0.5) is 0 Å². The van der Waals surface area contributed by atoms with Crippen molar-refractivity contribution in [3.05, 3.63) is 77.9 Å². The van der Waals surface area contributed by atoms with Gasteiger partial charge in [0.25, 0.3) is 0 Å². The van der Waals surface area contributed by atoms with E-state index in [0.717, 1.165) is 5.70 Å². The molecule has 1 heterocycles. The molecule has 3 rings (SSSR count). The molecule has 0 aliphatic carbocycles. The Morgan fingerprint density at radius 3 is 2.52 bits per heavy atom. The minimum absolute atomic E-state index is 0.261. The zero-order valence-electron chi connectivity index (χ0n) is 15.5. The van der Waals surface area contributed by atoms with Gasteiger partial charge in [-0.2, -0.15) is 0 Å².